The lowest BCUT2D eigenvalue weighted by Crippen LogP contribution is -2.30. The second kappa shape index (κ2) is 4.42. The first kappa shape index (κ1) is 13.1. The van der Waals surface area contributed by atoms with Crippen LogP contribution in [0.25, 0.3) is 10.9 Å². The predicted octanol–water partition coefficient (Wildman–Crippen LogP) is 2.72. The molecule has 1 aromatic carbocycles. The molecule has 2 rings (SSSR count). The molecule has 1 N–H and O–H groups in total. The Kier molecular flexibility index (Phi) is 3.06. The van der Waals surface area contributed by atoms with Gasteiger partial charge in [-0.15, -0.1) is 0 Å². The highest BCUT2D eigenvalue weighted by Crippen LogP contribution is 2.29. The number of aromatic nitrogens is 1. The van der Waals surface area contributed by atoms with Gasteiger partial charge in [0, 0.05) is 17.1 Å². The summed E-state index contributed by atoms with van der Waals surface area (Å²) < 4.78 is 1.93. The predicted molar refractivity (Wildman–Crippen MR) is 72.4 cm³/mol. The number of rotatable bonds is 2. The SMILES string of the molecule is C[C@@H](n1ccc2c(C#N)c(C#N)ccc21)C(C)(C)O. The summed E-state index contributed by atoms with van der Waals surface area (Å²) in [4.78, 5) is 0. The minimum absolute atomic E-state index is 0.135. The van der Waals surface area contributed by atoms with Crippen molar-refractivity contribution in [2.75, 3.05) is 0 Å². The first-order valence-corrected chi connectivity index (χ1v) is 6.06. The van der Waals surface area contributed by atoms with Crippen molar-refractivity contribution in [3.05, 3.63) is 35.5 Å². The number of nitriles is 2. The lowest BCUT2D eigenvalue weighted by molar-refractivity contribution is 0.0322. The first-order chi connectivity index (χ1) is 8.90. The fourth-order valence-corrected chi connectivity index (χ4v) is 2.13. The number of nitrogens with zero attached hydrogens (tertiary/aromatic N) is 3. The van der Waals surface area contributed by atoms with Crippen LogP contribution >= 0.6 is 0 Å². The summed E-state index contributed by atoms with van der Waals surface area (Å²) in [6.07, 6.45) is 1.84. The van der Waals surface area contributed by atoms with E-state index in [9.17, 15) is 10.4 Å². The second-order valence-corrected chi connectivity index (χ2v) is 5.20. The van der Waals surface area contributed by atoms with Crippen molar-refractivity contribution in [1.29, 1.82) is 10.5 Å². The monoisotopic (exact) mass is 253 g/mol. The van der Waals surface area contributed by atoms with Gasteiger partial charge in [0.05, 0.1) is 22.8 Å². The Bertz CT molecular complexity index is 708. The number of hydrogen-bond donors (Lipinski definition) is 1. The molecule has 0 saturated heterocycles. The van der Waals surface area contributed by atoms with Crippen LogP contribution < -0.4 is 0 Å². The fraction of sp³-hybridized carbons (Fsp3) is 0.333. The van der Waals surface area contributed by atoms with Crippen LogP contribution in [0.2, 0.25) is 0 Å². The van der Waals surface area contributed by atoms with Crippen LogP contribution in [-0.4, -0.2) is 15.3 Å². The molecule has 1 heterocycles. The third-order valence-corrected chi connectivity index (χ3v) is 3.57. The van der Waals surface area contributed by atoms with Crippen molar-refractivity contribution in [3.8, 4) is 12.1 Å². The van der Waals surface area contributed by atoms with Gasteiger partial charge in [-0.25, -0.2) is 0 Å². The Morgan fingerprint density at radius 1 is 1.21 bits per heavy atom. The van der Waals surface area contributed by atoms with Crippen molar-refractivity contribution in [2.24, 2.45) is 0 Å². The van der Waals surface area contributed by atoms with E-state index in [-0.39, 0.29) is 6.04 Å². The highest BCUT2D eigenvalue weighted by atomic mass is 16.3. The molecule has 4 nitrogen and oxygen atoms in total. The van der Waals surface area contributed by atoms with Crippen molar-refractivity contribution < 1.29 is 5.11 Å². The Morgan fingerprint density at radius 3 is 2.42 bits per heavy atom. The largest absolute Gasteiger partial charge is 0.388 e. The van der Waals surface area contributed by atoms with E-state index in [0.29, 0.717) is 11.1 Å². The Morgan fingerprint density at radius 2 is 1.89 bits per heavy atom. The average Bonchev–Trinajstić information content (AvgIpc) is 2.78. The van der Waals surface area contributed by atoms with Gasteiger partial charge in [0.2, 0.25) is 0 Å². The van der Waals surface area contributed by atoms with Gasteiger partial charge in [-0.05, 0) is 39.0 Å². The molecule has 0 amide bonds. The zero-order chi connectivity index (χ0) is 14.2. The molecule has 0 aliphatic heterocycles. The molecule has 0 saturated carbocycles. The quantitative estimate of drug-likeness (QED) is 0.894. The van der Waals surface area contributed by atoms with Crippen LogP contribution in [0.4, 0.5) is 0 Å². The molecule has 96 valence electrons. The number of benzene rings is 1. The molecule has 0 aliphatic rings. The third kappa shape index (κ3) is 2.07. The van der Waals surface area contributed by atoms with E-state index < -0.39 is 5.60 Å². The Hall–Kier alpha value is -2.30. The van der Waals surface area contributed by atoms with Crippen LogP contribution in [0.15, 0.2) is 24.4 Å². The molecule has 0 radical (unpaired) electrons. The molecular weight excluding hydrogens is 238 g/mol. The highest BCUT2D eigenvalue weighted by molar-refractivity contribution is 5.88. The lowest BCUT2D eigenvalue weighted by atomic mass is 10.00. The van der Waals surface area contributed by atoms with Gasteiger partial charge >= 0.3 is 0 Å². The average molecular weight is 253 g/mol. The number of hydrogen-bond acceptors (Lipinski definition) is 3. The first-order valence-electron chi connectivity index (χ1n) is 6.06. The van der Waals surface area contributed by atoms with Gasteiger partial charge in [0.1, 0.15) is 12.1 Å². The van der Waals surface area contributed by atoms with E-state index >= 15 is 0 Å². The molecule has 0 fully saturated rings. The molecular formula is C15H15N3O. The standard InChI is InChI=1S/C15H15N3O/c1-10(15(2,3)19)18-7-6-12-13(9-17)11(8-16)4-5-14(12)18/h4-7,10,19H,1-3H3/t10-/m1/s1. The summed E-state index contributed by atoms with van der Waals surface area (Å²) >= 11 is 0. The van der Waals surface area contributed by atoms with Crippen LogP contribution in [0.1, 0.15) is 37.9 Å². The molecule has 19 heavy (non-hydrogen) atoms. The number of aliphatic hydroxyl groups is 1. The summed E-state index contributed by atoms with van der Waals surface area (Å²) in [5.74, 6) is 0. The van der Waals surface area contributed by atoms with E-state index in [0.717, 1.165) is 10.9 Å². The normalized spacial score (nSPS) is 12.9. The second-order valence-electron chi connectivity index (χ2n) is 5.20. The topological polar surface area (TPSA) is 72.7 Å². The van der Waals surface area contributed by atoms with Crippen LogP contribution in [0, 0.1) is 22.7 Å². The van der Waals surface area contributed by atoms with E-state index in [2.05, 4.69) is 6.07 Å². The summed E-state index contributed by atoms with van der Waals surface area (Å²) in [5.41, 5.74) is 0.752. The minimum atomic E-state index is -0.868. The maximum Gasteiger partial charge on any atom is 0.101 e. The van der Waals surface area contributed by atoms with Gasteiger partial charge in [0.15, 0.2) is 0 Å². The fourth-order valence-electron chi connectivity index (χ4n) is 2.13. The smallest absolute Gasteiger partial charge is 0.101 e. The molecule has 0 bridgehead atoms. The summed E-state index contributed by atoms with van der Waals surface area (Å²) in [7, 11) is 0. The van der Waals surface area contributed by atoms with E-state index in [1.807, 2.05) is 35.9 Å². The van der Waals surface area contributed by atoms with Gasteiger partial charge in [-0.2, -0.15) is 10.5 Å². The Labute approximate surface area is 112 Å². The Balaban J connectivity index is 2.71. The summed E-state index contributed by atoms with van der Waals surface area (Å²) in [6.45, 7) is 5.42. The van der Waals surface area contributed by atoms with Gasteiger partial charge in [-0.1, -0.05) is 0 Å². The zero-order valence-corrected chi connectivity index (χ0v) is 11.2. The summed E-state index contributed by atoms with van der Waals surface area (Å²) in [5, 5.41) is 29.1. The lowest BCUT2D eigenvalue weighted by Gasteiger charge is -2.28. The van der Waals surface area contributed by atoms with Crippen molar-refractivity contribution in [3.63, 3.8) is 0 Å². The maximum atomic E-state index is 10.1. The molecule has 1 atom stereocenters. The van der Waals surface area contributed by atoms with Gasteiger partial charge in [0.25, 0.3) is 0 Å². The molecule has 0 aliphatic carbocycles. The molecule has 4 heteroatoms. The van der Waals surface area contributed by atoms with Crippen molar-refractivity contribution >= 4 is 10.9 Å². The summed E-state index contributed by atoms with van der Waals surface area (Å²) in [6, 6.07) is 9.25. The van der Waals surface area contributed by atoms with Gasteiger partial charge in [-0.3, -0.25) is 0 Å². The van der Waals surface area contributed by atoms with E-state index in [4.69, 9.17) is 5.26 Å². The van der Waals surface area contributed by atoms with E-state index in [1.54, 1.807) is 19.9 Å². The molecule has 2 aromatic rings. The number of fused-ring (bicyclic) bond motifs is 1. The van der Waals surface area contributed by atoms with E-state index in [1.165, 1.54) is 0 Å². The van der Waals surface area contributed by atoms with Crippen LogP contribution in [-0.2, 0) is 0 Å². The zero-order valence-electron chi connectivity index (χ0n) is 11.2. The van der Waals surface area contributed by atoms with Crippen LogP contribution in [0.3, 0.4) is 0 Å². The molecule has 0 spiro atoms. The minimum Gasteiger partial charge on any atom is -0.388 e. The van der Waals surface area contributed by atoms with Crippen molar-refractivity contribution in [2.45, 2.75) is 32.4 Å². The van der Waals surface area contributed by atoms with Crippen molar-refractivity contribution in [1.82, 2.24) is 4.57 Å². The molecule has 0 unspecified atom stereocenters. The maximum absolute atomic E-state index is 10.1. The highest BCUT2D eigenvalue weighted by Gasteiger charge is 2.25. The molecule has 1 aromatic heterocycles. The van der Waals surface area contributed by atoms with Gasteiger partial charge < -0.3 is 9.67 Å². The third-order valence-electron chi connectivity index (χ3n) is 3.57. The van der Waals surface area contributed by atoms with Crippen LogP contribution in [0.5, 0.6) is 0 Å².